The molecule has 0 saturated heterocycles. The van der Waals surface area contributed by atoms with Crippen LogP contribution in [0.15, 0.2) is 6.20 Å². The predicted octanol–water partition coefficient (Wildman–Crippen LogP) is 1.16. The number of anilines is 1. The van der Waals surface area contributed by atoms with Gasteiger partial charge in [0.2, 0.25) is 0 Å². The smallest absolute Gasteiger partial charge is 0.180 e. The fourth-order valence-corrected chi connectivity index (χ4v) is 1.22. The van der Waals surface area contributed by atoms with Gasteiger partial charge in [0.05, 0.1) is 0 Å². The summed E-state index contributed by atoms with van der Waals surface area (Å²) < 4.78 is 0. The Bertz CT molecular complexity index is 172. The molecule has 0 aromatic carbocycles. The van der Waals surface area contributed by atoms with E-state index in [1.165, 1.54) is 11.3 Å². The van der Waals surface area contributed by atoms with Gasteiger partial charge >= 0.3 is 0 Å². The lowest BCUT2D eigenvalue weighted by atomic mass is 10.6. The molecule has 8 heavy (non-hydrogen) atoms. The maximum absolute atomic E-state index is 5.33. The summed E-state index contributed by atoms with van der Waals surface area (Å²) in [7, 11) is 0. The second-order valence-electron chi connectivity index (χ2n) is 1.32. The van der Waals surface area contributed by atoms with E-state index in [1.54, 1.807) is 6.20 Å². The Morgan fingerprint density at radius 3 is 2.88 bits per heavy atom. The number of hydrogen-bond donors (Lipinski definition) is 2. The van der Waals surface area contributed by atoms with E-state index >= 15 is 0 Å². The molecule has 0 unspecified atom stereocenters. The molecule has 0 bridgehead atoms. The van der Waals surface area contributed by atoms with Crippen LogP contribution in [0.3, 0.4) is 0 Å². The van der Waals surface area contributed by atoms with E-state index in [-0.39, 0.29) is 0 Å². The number of nitrogens with two attached hydrogens (primary N) is 1. The Balaban J connectivity index is 2.84. The zero-order valence-corrected chi connectivity index (χ0v) is 5.88. The molecule has 0 spiro atoms. The van der Waals surface area contributed by atoms with Gasteiger partial charge in [-0.05, 0) is 0 Å². The van der Waals surface area contributed by atoms with Crippen molar-refractivity contribution >= 4 is 29.1 Å². The van der Waals surface area contributed by atoms with Crippen LogP contribution in [-0.2, 0) is 5.75 Å². The van der Waals surface area contributed by atoms with Gasteiger partial charge in [0, 0.05) is 16.8 Å². The summed E-state index contributed by atoms with van der Waals surface area (Å²) in [6.45, 7) is 0. The summed E-state index contributed by atoms with van der Waals surface area (Å²) >= 11 is 5.52. The molecule has 4 heteroatoms. The SMILES string of the molecule is Nc1ncc(CS)s1. The van der Waals surface area contributed by atoms with Crippen molar-refractivity contribution in [2.45, 2.75) is 5.75 Å². The van der Waals surface area contributed by atoms with Crippen LogP contribution in [0.2, 0.25) is 0 Å². The molecule has 2 nitrogen and oxygen atoms in total. The van der Waals surface area contributed by atoms with Crippen molar-refractivity contribution < 1.29 is 0 Å². The minimum atomic E-state index is 0.619. The van der Waals surface area contributed by atoms with Crippen LogP contribution in [0.5, 0.6) is 0 Å². The first kappa shape index (κ1) is 5.91. The molecule has 0 aliphatic heterocycles. The highest BCUT2D eigenvalue weighted by Gasteiger charge is 1.92. The molecule has 0 atom stereocenters. The van der Waals surface area contributed by atoms with Gasteiger partial charge < -0.3 is 5.73 Å². The first-order valence-corrected chi connectivity index (χ1v) is 3.59. The maximum Gasteiger partial charge on any atom is 0.180 e. The van der Waals surface area contributed by atoms with Gasteiger partial charge in [0.1, 0.15) is 0 Å². The van der Waals surface area contributed by atoms with Gasteiger partial charge in [-0.2, -0.15) is 12.6 Å². The molecule has 0 aliphatic carbocycles. The average molecular weight is 146 g/mol. The van der Waals surface area contributed by atoms with Crippen molar-refractivity contribution in [3.8, 4) is 0 Å². The fourth-order valence-electron chi connectivity index (χ4n) is 0.396. The molecule has 1 rings (SSSR count). The van der Waals surface area contributed by atoms with E-state index in [1.807, 2.05) is 0 Å². The van der Waals surface area contributed by atoms with Gasteiger partial charge in [0.25, 0.3) is 0 Å². The predicted molar refractivity (Wildman–Crippen MR) is 39.2 cm³/mol. The molecule has 0 amide bonds. The largest absolute Gasteiger partial charge is 0.375 e. The number of thiol groups is 1. The normalized spacial score (nSPS) is 9.62. The third-order valence-electron chi connectivity index (χ3n) is 0.727. The minimum absolute atomic E-state index is 0.619. The van der Waals surface area contributed by atoms with Gasteiger partial charge in [0.15, 0.2) is 5.13 Å². The van der Waals surface area contributed by atoms with Crippen molar-refractivity contribution in [2.24, 2.45) is 0 Å². The Morgan fingerprint density at radius 2 is 2.62 bits per heavy atom. The zero-order chi connectivity index (χ0) is 5.98. The molecule has 0 radical (unpaired) electrons. The highest BCUT2D eigenvalue weighted by Crippen LogP contribution is 2.15. The summed E-state index contributed by atoms with van der Waals surface area (Å²) in [5, 5.41) is 0.619. The molecule has 2 N–H and O–H groups in total. The molecule has 0 aliphatic rings. The number of rotatable bonds is 1. The number of hydrogen-bond acceptors (Lipinski definition) is 4. The van der Waals surface area contributed by atoms with Gasteiger partial charge in [-0.15, -0.1) is 11.3 Å². The summed E-state index contributed by atoms with van der Waals surface area (Å²) in [5.41, 5.74) is 5.33. The zero-order valence-electron chi connectivity index (χ0n) is 4.16. The van der Waals surface area contributed by atoms with E-state index in [2.05, 4.69) is 17.6 Å². The lowest BCUT2D eigenvalue weighted by Gasteiger charge is -1.77. The Labute approximate surface area is 57.2 Å². The van der Waals surface area contributed by atoms with Crippen LogP contribution in [0.25, 0.3) is 0 Å². The van der Waals surface area contributed by atoms with Gasteiger partial charge in [-0.3, -0.25) is 0 Å². The lowest BCUT2D eigenvalue weighted by Crippen LogP contribution is -1.77. The van der Waals surface area contributed by atoms with Crippen molar-refractivity contribution in [1.29, 1.82) is 0 Å². The molecule has 0 saturated carbocycles. The van der Waals surface area contributed by atoms with Crippen molar-refractivity contribution in [2.75, 3.05) is 5.73 Å². The van der Waals surface area contributed by atoms with E-state index in [0.717, 1.165) is 10.6 Å². The number of thiazole rings is 1. The van der Waals surface area contributed by atoms with Crippen LogP contribution >= 0.6 is 24.0 Å². The third-order valence-corrected chi connectivity index (χ3v) is 2.11. The minimum Gasteiger partial charge on any atom is -0.375 e. The van der Waals surface area contributed by atoms with Crippen LogP contribution in [0, 0.1) is 0 Å². The summed E-state index contributed by atoms with van der Waals surface area (Å²) in [6, 6.07) is 0. The highest BCUT2D eigenvalue weighted by molar-refractivity contribution is 7.79. The molecular weight excluding hydrogens is 140 g/mol. The first-order valence-electron chi connectivity index (χ1n) is 2.14. The van der Waals surface area contributed by atoms with Gasteiger partial charge in [-0.25, -0.2) is 4.98 Å². The van der Waals surface area contributed by atoms with Crippen LogP contribution in [-0.4, -0.2) is 4.98 Å². The van der Waals surface area contributed by atoms with Crippen molar-refractivity contribution in [3.63, 3.8) is 0 Å². The second kappa shape index (κ2) is 2.37. The molecule has 1 aromatic heterocycles. The van der Waals surface area contributed by atoms with E-state index in [9.17, 15) is 0 Å². The second-order valence-corrected chi connectivity index (χ2v) is 2.79. The highest BCUT2D eigenvalue weighted by atomic mass is 32.1. The number of nitrogens with zero attached hydrogens (tertiary/aromatic N) is 1. The number of aromatic nitrogens is 1. The average Bonchev–Trinajstić information content (AvgIpc) is 2.14. The van der Waals surface area contributed by atoms with Crippen LogP contribution in [0.1, 0.15) is 4.88 Å². The fraction of sp³-hybridized carbons (Fsp3) is 0.250. The quantitative estimate of drug-likeness (QED) is 0.583. The summed E-state index contributed by atoms with van der Waals surface area (Å²) in [5.74, 6) is 0.731. The van der Waals surface area contributed by atoms with Gasteiger partial charge in [-0.1, -0.05) is 0 Å². The molecule has 1 aromatic rings. The third kappa shape index (κ3) is 1.14. The Kier molecular flexibility index (Phi) is 1.75. The topological polar surface area (TPSA) is 38.9 Å². The van der Waals surface area contributed by atoms with Crippen molar-refractivity contribution in [1.82, 2.24) is 4.98 Å². The maximum atomic E-state index is 5.33. The lowest BCUT2D eigenvalue weighted by molar-refractivity contribution is 1.38. The van der Waals surface area contributed by atoms with Crippen molar-refractivity contribution in [3.05, 3.63) is 11.1 Å². The van der Waals surface area contributed by atoms with E-state index < -0.39 is 0 Å². The standard InChI is InChI=1S/C4H6N2S2/c5-4-6-1-3(2-7)8-4/h1,7H,2H2,(H2,5,6). The summed E-state index contributed by atoms with van der Waals surface area (Å²) in [6.07, 6.45) is 1.74. The molecule has 0 fully saturated rings. The van der Waals surface area contributed by atoms with E-state index in [0.29, 0.717) is 5.13 Å². The van der Waals surface area contributed by atoms with E-state index in [4.69, 9.17) is 5.73 Å². The monoisotopic (exact) mass is 146 g/mol. The molecular formula is C4H6N2S2. The first-order chi connectivity index (χ1) is 3.83. The van der Waals surface area contributed by atoms with Crippen LogP contribution < -0.4 is 5.73 Å². The summed E-state index contributed by atoms with van der Waals surface area (Å²) in [4.78, 5) is 4.95. The Morgan fingerprint density at radius 1 is 1.88 bits per heavy atom. The number of nitrogen functional groups attached to an aromatic ring is 1. The molecule has 1 heterocycles. The van der Waals surface area contributed by atoms with Crippen LogP contribution in [0.4, 0.5) is 5.13 Å². The Hall–Kier alpha value is -0.220. The molecule has 44 valence electrons.